The molecule has 4 aliphatic rings. The lowest BCUT2D eigenvalue weighted by atomic mass is 10.0. The van der Waals surface area contributed by atoms with E-state index in [1.165, 1.54) is 0 Å². The van der Waals surface area contributed by atoms with Crippen molar-refractivity contribution < 1.29 is 28.7 Å². The van der Waals surface area contributed by atoms with Gasteiger partial charge in [0.2, 0.25) is 17.8 Å². The number of imide groups is 2. The Balaban J connectivity index is 0.964. The molecule has 0 radical (unpaired) electrons. The van der Waals surface area contributed by atoms with Crippen LogP contribution in [-0.4, -0.2) is 96.7 Å². The summed E-state index contributed by atoms with van der Waals surface area (Å²) in [7, 11) is 0. The van der Waals surface area contributed by atoms with E-state index < -0.39 is 29.7 Å². The van der Waals surface area contributed by atoms with Gasteiger partial charge in [-0.15, -0.1) is 5.10 Å². The molecule has 4 amide bonds. The summed E-state index contributed by atoms with van der Waals surface area (Å²) in [5, 5.41) is 14.7. The maximum Gasteiger partial charge on any atom is 0.266 e. The van der Waals surface area contributed by atoms with Crippen molar-refractivity contribution >= 4 is 40.8 Å². The normalized spacial score (nSPS) is 18.3. The van der Waals surface area contributed by atoms with Gasteiger partial charge in [0.25, 0.3) is 11.8 Å². The Hall–Kier alpha value is -6.09. The minimum atomic E-state index is -1.04. The molecule has 15 heteroatoms. The first-order valence-electron chi connectivity index (χ1n) is 16.5. The number of hydrogen-bond donors (Lipinski definition) is 2. The number of carbonyl (C=O) groups is 4. The number of anilines is 2. The fraction of sp³-hybridized carbons (Fsp3) is 0.286. The Labute approximate surface area is 285 Å². The summed E-state index contributed by atoms with van der Waals surface area (Å²) >= 11 is 0. The van der Waals surface area contributed by atoms with Gasteiger partial charge in [-0.3, -0.25) is 39.0 Å². The van der Waals surface area contributed by atoms with Crippen molar-refractivity contribution in [3.05, 3.63) is 84.3 Å². The molecular formula is C35H33N9O6. The van der Waals surface area contributed by atoms with E-state index in [1.807, 2.05) is 51.8 Å². The lowest BCUT2D eigenvalue weighted by molar-refractivity contribution is -0.136. The van der Waals surface area contributed by atoms with Crippen LogP contribution >= 0.6 is 0 Å². The van der Waals surface area contributed by atoms with Gasteiger partial charge in [-0.25, -0.2) is 9.50 Å². The SMILES string of the molecule is O=C1CCC(N2C(=O)c3cccc(OCCN4CCCn5cc(cn5)Nc5ncc6ccc(n6n5)-c5ccc(cc5)OCC4)c3C2=O)C(=O)N1. The van der Waals surface area contributed by atoms with Crippen molar-refractivity contribution in [2.75, 3.05) is 38.2 Å². The van der Waals surface area contributed by atoms with E-state index >= 15 is 0 Å². The molecule has 1 fully saturated rings. The van der Waals surface area contributed by atoms with E-state index in [4.69, 9.17) is 14.6 Å². The summed E-state index contributed by atoms with van der Waals surface area (Å²) in [6.07, 6.45) is 6.37. The number of nitrogens with one attached hydrogen (secondary N) is 2. The highest BCUT2D eigenvalue weighted by Crippen LogP contribution is 2.33. The van der Waals surface area contributed by atoms with Gasteiger partial charge < -0.3 is 14.8 Å². The molecule has 50 heavy (non-hydrogen) atoms. The van der Waals surface area contributed by atoms with Crippen LogP contribution in [0, 0.1) is 0 Å². The summed E-state index contributed by atoms with van der Waals surface area (Å²) < 4.78 is 16.0. The van der Waals surface area contributed by atoms with Crippen molar-refractivity contribution in [1.82, 2.24) is 39.5 Å². The molecule has 2 N–H and O–H groups in total. The molecule has 3 aromatic heterocycles. The number of nitrogens with zero attached hydrogens (tertiary/aromatic N) is 7. The van der Waals surface area contributed by atoms with Gasteiger partial charge in [-0.1, -0.05) is 6.07 Å². The standard InChI is InChI=1S/C35H33N9O6/c45-30-12-11-28(32(46)39-30)43-33(47)26-3-1-4-29(31(26)34(43)48)50-18-16-41-13-2-14-42-21-23(19-37-42)38-35-36-20-24-7-10-27(44(24)40-35)22-5-8-25(9-6-22)49-17-15-41/h1,3-10,19-21,28H,2,11-18H2,(H,38,40)(H,39,45,46). The van der Waals surface area contributed by atoms with Crippen LogP contribution < -0.4 is 20.1 Å². The first kappa shape index (κ1) is 31.2. The molecule has 1 unspecified atom stereocenters. The molecule has 0 saturated carbocycles. The van der Waals surface area contributed by atoms with Crippen molar-refractivity contribution in [3.8, 4) is 22.8 Å². The summed E-state index contributed by atoms with van der Waals surface area (Å²) in [4.78, 5) is 58.5. The highest BCUT2D eigenvalue weighted by molar-refractivity contribution is 6.24. The smallest absolute Gasteiger partial charge is 0.266 e. The zero-order valence-corrected chi connectivity index (χ0v) is 26.9. The summed E-state index contributed by atoms with van der Waals surface area (Å²) in [6.45, 7) is 3.21. The largest absolute Gasteiger partial charge is 0.492 e. The zero-order valence-electron chi connectivity index (χ0n) is 26.9. The van der Waals surface area contributed by atoms with Gasteiger partial charge in [-0.05, 0) is 61.4 Å². The van der Waals surface area contributed by atoms with E-state index in [1.54, 1.807) is 30.6 Å². The van der Waals surface area contributed by atoms with E-state index in [-0.39, 0.29) is 36.3 Å². The highest BCUT2D eigenvalue weighted by atomic mass is 16.5. The first-order valence-corrected chi connectivity index (χ1v) is 16.5. The van der Waals surface area contributed by atoms with Crippen molar-refractivity contribution in [1.29, 1.82) is 0 Å². The number of ether oxygens (including phenoxy) is 2. The Kier molecular flexibility index (Phi) is 8.16. The molecule has 2 aromatic carbocycles. The Morgan fingerprint density at radius 1 is 0.920 bits per heavy atom. The zero-order chi connectivity index (χ0) is 34.2. The molecule has 254 valence electrons. The predicted octanol–water partition coefficient (Wildman–Crippen LogP) is 2.90. The van der Waals surface area contributed by atoms with Crippen LogP contribution in [0.5, 0.6) is 11.5 Å². The van der Waals surface area contributed by atoms with Gasteiger partial charge in [0, 0.05) is 44.4 Å². The number of fused-ring (bicyclic) bond motifs is 9. The lowest BCUT2D eigenvalue weighted by Crippen LogP contribution is -2.54. The second-order valence-corrected chi connectivity index (χ2v) is 12.3. The molecule has 6 bridgehead atoms. The number of carbonyl (C=O) groups excluding carboxylic acids is 4. The lowest BCUT2D eigenvalue weighted by Gasteiger charge is -2.27. The van der Waals surface area contributed by atoms with Crippen LogP contribution in [0.2, 0.25) is 0 Å². The predicted molar refractivity (Wildman–Crippen MR) is 179 cm³/mol. The second-order valence-electron chi connectivity index (χ2n) is 12.3. The van der Waals surface area contributed by atoms with E-state index in [0.29, 0.717) is 32.2 Å². The van der Waals surface area contributed by atoms with Crippen LogP contribution in [0.25, 0.3) is 16.8 Å². The Morgan fingerprint density at radius 2 is 1.80 bits per heavy atom. The van der Waals surface area contributed by atoms with Crippen LogP contribution in [0.3, 0.4) is 0 Å². The third kappa shape index (κ3) is 6.02. The van der Waals surface area contributed by atoms with Gasteiger partial charge >= 0.3 is 0 Å². The summed E-state index contributed by atoms with van der Waals surface area (Å²) in [6, 6.07) is 15.7. The highest BCUT2D eigenvalue weighted by Gasteiger charge is 2.46. The van der Waals surface area contributed by atoms with Gasteiger partial charge in [0.15, 0.2) is 0 Å². The average molecular weight is 676 g/mol. The van der Waals surface area contributed by atoms with Crippen LogP contribution in [0.1, 0.15) is 40.0 Å². The van der Waals surface area contributed by atoms with Gasteiger partial charge in [-0.2, -0.15) is 5.10 Å². The number of benzene rings is 2. The van der Waals surface area contributed by atoms with E-state index in [0.717, 1.165) is 46.1 Å². The molecule has 5 aromatic rings. The third-order valence-electron chi connectivity index (χ3n) is 9.07. The van der Waals surface area contributed by atoms with Gasteiger partial charge in [0.1, 0.15) is 30.8 Å². The van der Waals surface area contributed by atoms with Crippen LogP contribution in [0.15, 0.2) is 73.2 Å². The Morgan fingerprint density at radius 3 is 2.66 bits per heavy atom. The van der Waals surface area contributed by atoms with E-state index in [2.05, 4.69) is 25.6 Å². The quantitative estimate of drug-likeness (QED) is 0.263. The van der Waals surface area contributed by atoms with Crippen LogP contribution in [-0.2, 0) is 16.1 Å². The van der Waals surface area contributed by atoms with Crippen LogP contribution in [0.4, 0.5) is 11.6 Å². The topological polar surface area (TPSA) is 165 Å². The van der Waals surface area contributed by atoms with E-state index in [9.17, 15) is 19.2 Å². The number of aromatic nitrogens is 5. The first-order chi connectivity index (χ1) is 24.4. The fourth-order valence-electron chi connectivity index (χ4n) is 6.55. The molecule has 0 spiro atoms. The molecule has 7 heterocycles. The monoisotopic (exact) mass is 675 g/mol. The Bertz CT molecular complexity index is 2120. The maximum atomic E-state index is 13.5. The molecule has 15 nitrogen and oxygen atoms in total. The molecule has 1 atom stereocenters. The second kappa shape index (κ2) is 13.1. The molecule has 0 aliphatic carbocycles. The number of rotatable bonds is 5. The minimum absolute atomic E-state index is 0.0524. The van der Waals surface area contributed by atoms with Crippen molar-refractivity contribution in [2.24, 2.45) is 0 Å². The summed E-state index contributed by atoms with van der Waals surface area (Å²) in [5.41, 5.74) is 3.87. The number of amides is 4. The van der Waals surface area contributed by atoms with Crippen molar-refractivity contribution in [3.63, 3.8) is 0 Å². The molecule has 1 saturated heterocycles. The fourth-order valence-corrected chi connectivity index (χ4v) is 6.55. The summed E-state index contributed by atoms with van der Waals surface area (Å²) in [5.74, 6) is -0.774. The van der Waals surface area contributed by atoms with Gasteiger partial charge in [0.05, 0.1) is 40.4 Å². The molecule has 4 aliphatic heterocycles. The average Bonchev–Trinajstić information content (AvgIpc) is 3.81. The minimum Gasteiger partial charge on any atom is -0.492 e. The maximum absolute atomic E-state index is 13.5. The molecular weight excluding hydrogens is 642 g/mol. The third-order valence-corrected chi connectivity index (χ3v) is 9.07. The molecule has 9 rings (SSSR count). The number of aryl methyl sites for hydroxylation is 1. The van der Waals surface area contributed by atoms with Crippen molar-refractivity contribution in [2.45, 2.75) is 31.8 Å². The number of piperidine rings is 1. The number of hydrogen-bond acceptors (Lipinski definition) is 11.